The van der Waals surface area contributed by atoms with Crippen molar-refractivity contribution in [2.75, 3.05) is 27.2 Å². The Bertz CT molecular complexity index is 627. The highest BCUT2D eigenvalue weighted by molar-refractivity contribution is 7.11. The quantitative estimate of drug-likeness (QED) is 0.804. The topological polar surface area (TPSA) is 32.3 Å². The standard InChI is InChI=1S/C19H28N4S/c1-15-4-5-19(24-15)14-23-8-6-16(7-9-23)10-17-11-21-18(12-20-17)13-22(2)3/h4-5,11-12,16H,6-10,13-14H2,1-3H3. The summed E-state index contributed by atoms with van der Waals surface area (Å²) in [5.74, 6) is 0.750. The van der Waals surface area contributed by atoms with Gasteiger partial charge in [-0.1, -0.05) is 0 Å². The molecule has 1 aliphatic heterocycles. The van der Waals surface area contributed by atoms with E-state index >= 15 is 0 Å². The number of hydrogen-bond acceptors (Lipinski definition) is 5. The molecule has 2 aromatic rings. The molecule has 0 amide bonds. The molecule has 0 radical (unpaired) electrons. The fourth-order valence-electron chi connectivity index (χ4n) is 3.33. The van der Waals surface area contributed by atoms with Crippen LogP contribution in [0.3, 0.4) is 0 Å². The third-order valence-electron chi connectivity index (χ3n) is 4.62. The van der Waals surface area contributed by atoms with Crippen LogP contribution in [0.4, 0.5) is 0 Å². The zero-order valence-electron chi connectivity index (χ0n) is 15.0. The zero-order valence-corrected chi connectivity index (χ0v) is 15.9. The van der Waals surface area contributed by atoms with Gasteiger partial charge in [0.25, 0.3) is 0 Å². The Morgan fingerprint density at radius 2 is 1.83 bits per heavy atom. The average Bonchev–Trinajstić information content (AvgIpc) is 2.96. The van der Waals surface area contributed by atoms with E-state index in [2.05, 4.69) is 52.9 Å². The molecule has 1 saturated heterocycles. The van der Waals surface area contributed by atoms with Gasteiger partial charge in [0, 0.05) is 29.0 Å². The van der Waals surface area contributed by atoms with Gasteiger partial charge in [-0.2, -0.15) is 0 Å². The van der Waals surface area contributed by atoms with Crippen LogP contribution in [-0.2, 0) is 19.5 Å². The first-order valence-electron chi connectivity index (χ1n) is 8.80. The van der Waals surface area contributed by atoms with Crippen LogP contribution in [0.2, 0.25) is 0 Å². The molecule has 1 fully saturated rings. The number of hydrogen-bond donors (Lipinski definition) is 0. The lowest BCUT2D eigenvalue weighted by Gasteiger charge is -2.31. The molecule has 3 heterocycles. The van der Waals surface area contributed by atoms with E-state index in [1.165, 1.54) is 35.7 Å². The van der Waals surface area contributed by atoms with Gasteiger partial charge in [0.2, 0.25) is 0 Å². The zero-order chi connectivity index (χ0) is 16.9. The summed E-state index contributed by atoms with van der Waals surface area (Å²) in [6, 6.07) is 4.50. The van der Waals surface area contributed by atoms with Crippen molar-refractivity contribution < 1.29 is 0 Å². The van der Waals surface area contributed by atoms with E-state index in [0.29, 0.717) is 0 Å². The monoisotopic (exact) mass is 344 g/mol. The van der Waals surface area contributed by atoms with Gasteiger partial charge in [-0.3, -0.25) is 14.9 Å². The summed E-state index contributed by atoms with van der Waals surface area (Å²) in [6.07, 6.45) is 7.52. The molecular weight excluding hydrogens is 316 g/mol. The fourth-order valence-corrected chi connectivity index (χ4v) is 4.26. The van der Waals surface area contributed by atoms with Crippen molar-refractivity contribution in [3.8, 4) is 0 Å². The van der Waals surface area contributed by atoms with Crippen LogP contribution >= 0.6 is 11.3 Å². The largest absolute Gasteiger partial charge is 0.304 e. The second-order valence-electron chi connectivity index (χ2n) is 7.17. The lowest BCUT2D eigenvalue weighted by Crippen LogP contribution is -2.33. The van der Waals surface area contributed by atoms with Crippen molar-refractivity contribution in [3.63, 3.8) is 0 Å². The van der Waals surface area contributed by atoms with Crippen LogP contribution < -0.4 is 0 Å². The highest BCUT2D eigenvalue weighted by atomic mass is 32.1. The minimum absolute atomic E-state index is 0.750. The van der Waals surface area contributed by atoms with Gasteiger partial charge in [-0.15, -0.1) is 11.3 Å². The van der Waals surface area contributed by atoms with Gasteiger partial charge in [0.05, 0.1) is 17.6 Å². The molecule has 130 valence electrons. The second-order valence-corrected chi connectivity index (χ2v) is 8.55. The van der Waals surface area contributed by atoms with Gasteiger partial charge in [-0.25, -0.2) is 0 Å². The van der Waals surface area contributed by atoms with Crippen LogP contribution in [0.1, 0.15) is 34.0 Å². The molecule has 4 nitrogen and oxygen atoms in total. The van der Waals surface area contributed by atoms with Crippen molar-refractivity contribution in [3.05, 3.63) is 45.7 Å². The third-order valence-corrected chi connectivity index (χ3v) is 5.60. The first-order valence-corrected chi connectivity index (χ1v) is 9.62. The highest BCUT2D eigenvalue weighted by Gasteiger charge is 2.20. The molecule has 1 aliphatic rings. The van der Waals surface area contributed by atoms with Crippen molar-refractivity contribution in [1.82, 2.24) is 19.8 Å². The molecule has 0 unspecified atom stereocenters. The number of likely N-dealkylation sites (tertiary alicyclic amines) is 1. The van der Waals surface area contributed by atoms with Crippen LogP contribution in [0.5, 0.6) is 0 Å². The summed E-state index contributed by atoms with van der Waals surface area (Å²) < 4.78 is 0. The molecule has 0 saturated carbocycles. The Kier molecular flexibility index (Phi) is 5.98. The Morgan fingerprint density at radius 3 is 2.42 bits per heavy atom. The molecule has 0 bridgehead atoms. The molecule has 0 spiro atoms. The molecule has 0 aromatic carbocycles. The van der Waals surface area contributed by atoms with Crippen LogP contribution in [0.25, 0.3) is 0 Å². The van der Waals surface area contributed by atoms with E-state index in [4.69, 9.17) is 0 Å². The van der Waals surface area contributed by atoms with Gasteiger partial charge in [-0.05, 0) is 71.4 Å². The van der Waals surface area contributed by atoms with Gasteiger partial charge in [0.1, 0.15) is 0 Å². The van der Waals surface area contributed by atoms with Gasteiger partial charge >= 0.3 is 0 Å². The molecular formula is C19H28N4S. The van der Waals surface area contributed by atoms with E-state index in [9.17, 15) is 0 Å². The van der Waals surface area contributed by atoms with Gasteiger partial charge in [0.15, 0.2) is 0 Å². The lowest BCUT2D eigenvalue weighted by atomic mass is 9.92. The highest BCUT2D eigenvalue weighted by Crippen LogP contribution is 2.24. The van der Waals surface area contributed by atoms with Crippen LogP contribution in [-0.4, -0.2) is 47.0 Å². The maximum Gasteiger partial charge on any atom is 0.0726 e. The maximum absolute atomic E-state index is 4.61. The third kappa shape index (κ3) is 5.10. The number of piperidine rings is 1. The van der Waals surface area contributed by atoms with E-state index in [0.717, 1.165) is 36.8 Å². The minimum atomic E-state index is 0.750. The fraction of sp³-hybridized carbons (Fsp3) is 0.579. The molecule has 24 heavy (non-hydrogen) atoms. The first-order chi connectivity index (χ1) is 11.6. The van der Waals surface area contributed by atoms with Crippen molar-refractivity contribution in [2.24, 2.45) is 5.92 Å². The molecule has 0 aliphatic carbocycles. The summed E-state index contributed by atoms with van der Waals surface area (Å²) >= 11 is 1.93. The molecule has 2 aromatic heterocycles. The number of rotatable bonds is 6. The molecule has 5 heteroatoms. The van der Waals surface area contributed by atoms with Crippen LogP contribution in [0, 0.1) is 12.8 Å². The second kappa shape index (κ2) is 8.19. The van der Waals surface area contributed by atoms with Crippen molar-refractivity contribution >= 4 is 11.3 Å². The number of thiophene rings is 1. The number of aromatic nitrogens is 2. The SMILES string of the molecule is Cc1ccc(CN2CCC(Cc3cnc(CN(C)C)cn3)CC2)s1. The average molecular weight is 345 g/mol. The van der Waals surface area contributed by atoms with E-state index < -0.39 is 0 Å². The number of aryl methyl sites for hydroxylation is 1. The summed E-state index contributed by atoms with van der Waals surface area (Å²) in [5, 5.41) is 0. The Balaban J connectivity index is 1.45. The normalized spacial score (nSPS) is 16.8. The lowest BCUT2D eigenvalue weighted by molar-refractivity contribution is 0.178. The Hall–Kier alpha value is -1.30. The van der Waals surface area contributed by atoms with Gasteiger partial charge < -0.3 is 4.90 Å². The summed E-state index contributed by atoms with van der Waals surface area (Å²) in [5.41, 5.74) is 2.19. The van der Waals surface area contributed by atoms with Crippen molar-refractivity contribution in [1.29, 1.82) is 0 Å². The Morgan fingerprint density at radius 1 is 1.12 bits per heavy atom. The minimum Gasteiger partial charge on any atom is -0.304 e. The van der Waals surface area contributed by atoms with Crippen molar-refractivity contribution in [2.45, 2.75) is 39.3 Å². The maximum atomic E-state index is 4.61. The van der Waals surface area contributed by atoms with E-state index in [1.54, 1.807) is 0 Å². The Labute approximate surface area is 149 Å². The number of nitrogens with zero attached hydrogens (tertiary/aromatic N) is 4. The molecule has 0 atom stereocenters. The molecule has 0 N–H and O–H groups in total. The summed E-state index contributed by atoms with van der Waals surface area (Å²) in [7, 11) is 4.11. The summed E-state index contributed by atoms with van der Waals surface area (Å²) in [4.78, 5) is 16.8. The molecule has 3 rings (SSSR count). The van der Waals surface area contributed by atoms with Crippen LogP contribution in [0.15, 0.2) is 24.5 Å². The van der Waals surface area contributed by atoms with E-state index in [-0.39, 0.29) is 0 Å². The predicted octanol–water partition coefficient (Wildman–Crippen LogP) is 3.36. The first kappa shape index (κ1) is 17.5. The van der Waals surface area contributed by atoms with E-state index in [1.807, 2.05) is 23.7 Å². The summed E-state index contributed by atoms with van der Waals surface area (Å²) in [6.45, 7) is 6.56. The smallest absolute Gasteiger partial charge is 0.0726 e. The predicted molar refractivity (Wildman–Crippen MR) is 100 cm³/mol.